The van der Waals surface area contributed by atoms with Crippen molar-refractivity contribution in [1.29, 1.82) is 0 Å². The van der Waals surface area contributed by atoms with E-state index in [1.54, 1.807) is 0 Å². The van der Waals surface area contributed by atoms with E-state index in [0.29, 0.717) is 13.2 Å². The van der Waals surface area contributed by atoms with Crippen LogP contribution >= 0.6 is 11.6 Å². The Hall–Kier alpha value is -2.67. The Morgan fingerprint density at radius 1 is 1.17 bits per heavy atom. The molecule has 1 N–H and O–H groups in total. The van der Waals surface area contributed by atoms with Gasteiger partial charge in [0.15, 0.2) is 0 Å². The van der Waals surface area contributed by atoms with E-state index in [-0.39, 0.29) is 6.04 Å². The molecule has 0 radical (unpaired) electrons. The Bertz CT molecular complexity index is 1130. The number of H-pyrrole nitrogens is 1. The summed E-state index contributed by atoms with van der Waals surface area (Å²) in [5.74, 6) is 1.95. The van der Waals surface area contributed by atoms with E-state index in [2.05, 4.69) is 38.6 Å². The zero-order valence-electron chi connectivity index (χ0n) is 16.2. The lowest BCUT2D eigenvalue weighted by Gasteiger charge is -2.34. The van der Waals surface area contributed by atoms with E-state index in [9.17, 15) is 0 Å². The first-order chi connectivity index (χ1) is 14.2. The molecule has 0 saturated carbocycles. The summed E-state index contributed by atoms with van der Waals surface area (Å²) in [5, 5.41) is 0.725. The van der Waals surface area contributed by atoms with Crippen LogP contribution in [0.25, 0.3) is 22.3 Å². The number of ether oxygens (including phenoxy) is 1. The number of imidazole rings is 2. The van der Waals surface area contributed by atoms with Gasteiger partial charge in [0.1, 0.15) is 11.6 Å². The van der Waals surface area contributed by atoms with Gasteiger partial charge in [0.2, 0.25) is 0 Å². The quantitative estimate of drug-likeness (QED) is 0.551. The maximum absolute atomic E-state index is 6.01. The van der Waals surface area contributed by atoms with Gasteiger partial charge >= 0.3 is 0 Å². The molecule has 2 aromatic heterocycles. The Balaban J connectivity index is 1.41. The number of rotatable bonds is 4. The minimum Gasteiger partial charge on any atom is -0.378 e. The molecule has 0 unspecified atom stereocenters. The highest BCUT2D eigenvalue weighted by Gasteiger charge is 2.28. The minimum absolute atomic E-state index is 0.0598. The van der Waals surface area contributed by atoms with Gasteiger partial charge in [0.25, 0.3) is 0 Å². The largest absolute Gasteiger partial charge is 0.378 e. The number of benzene rings is 2. The fourth-order valence-electron chi connectivity index (χ4n) is 3.88. The molecule has 7 heteroatoms. The van der Waals surface area contributed by atoms with Crippen LogP contribution < -0.4 is 0 Å². The van der Waals surface area contributed by atoms with Crippen LogP contribution in [0.15, 0.2) is 54.7 Å². The standard InChI is InChI=1S/C22H22ClN5O/c1-27-19-5-3-2-4-17(19)25-21(27)13-28-10-11-29-14-20(28)22-24-12-18(26-22)15-6-8-16(23)9-7-15/h2-9,12,20H,10-11,13-14H2,1H3,(H,24,26)/t20-/m0/s1. The highest BCUT2D eigenvalue weighted by Crippen LogP contribution is 2.27. The molecule has 1 aliphatic rings. The number of hydrogen-bond donors (Lipinski definition) is 1. The Kier molecular flexibility index (Phi) is 4.83. The number of nitrogens with zero attached hydrogens (tertiary/aromatic N) is 4. The molecule has 0 spiro atoms. The van der Waals surface area contributed by atoms with Gasteiger partial charge in [-0.05, 0) is 29.8 Å². The third-order valence-electron chi connectivity index (χ3n) is 5.53. The fraction of sp³-hybridized carbons (Fsp3) is 0.273. The molecule has 5 rings (SSSR count). The van der Waals surface area contributed by atoms with Crippen LogP contribution in [0.3, 0.4) is 0 Å². The highest BCUT2D eigenvalue weighted by atomic mass is 35.5. The summed E-state index contributed by atoms with van der Waals surface area (Å²) < 4.78 is 7.95. The van der Waals surface area contributed by atoms with E-state index in [1.807, 2.05) is 42.6 Å². The summed E-state index contributed by atoms with van der Waals surface area (Å²) in [6.07, 6.45) is 1.88. The molecule has 4 aromatic rings. The predicted octanol–water partition coefficient (Wildman–Crippen LogP) is 4.19. The van der Waals surface area contributed by atoms with Crippen LogP contribution in [0, 0.1) is 0 Å². The molecular formula is C22H22ClN5O. The maximum atomic E-state index is 6.01. The van der Waals surface area contributed by atoms with Crippen molar-refractivity contribution in [2.75, 3.05) is 19.8 Å². The van der Waals surface area contributed by atoms with Crippen molar-refractivity contribution in [1.82, 2.24) is 24.4 Å². The highest BCUT2D eigenvalue weighted by molar-refractivity contribution is 6.30. The van der Waals surface area contributed by atoms with E-state index in [1.165, 1.54) is 0 Å². The number of aromatic nitrogens is 4. The van der Waals surface area contributed by atoms with Crippen LogP contribution in [0.1, 0.15) is 17.7 Å². The van der Waals surface area contributed by atoms with Gasteiger partial charge in [0, 0.05) is 18.6 Å². The minimum atomic E-state index is 0.0598. The lowest BCUT2D eigenvalue weighted by Crippen LogP contribution is -2.40. The number of para-hydroxylation sites is 2. The maximum Gasteiger partial charge on any atom is 0.126 e. The van der Waals surface area contributed by atoms with Crippen LogP contribution in [-0.4, -0.2) is 44.2 Å². The average molecular weight is 408 g/mol. The summed E-state index contributed by atoms with van der Waals surface area (Å²) in [7, 11) is 2.08. The number of nitrogens with one attached hydrogen (secondary N) is 1. The van der Waals surface area contributed by atoms with Crippen molar-refractivity contribution < 1.29 is 4.74 Å². The van der Waals surface area contributed by atoms with Crippen molar-refractivity contribution >= 4 is 22.6 Å². The molecule has 29 heavy (non-hydrogen) atoms. The molecule has 1 atom stereocenters. The molecule has 3 heterocycles. The first kappa shape index (κ1) is 18.4. The normalized spacial score (nSPS) is 17.8. The molecule has 0 bridgehead atoms. The Morgan fingerprint density at radius 3 is 2.83 bits per heavy atom. The summed E-state index contributed by atoms with van der Waals surface area (Å²) in [5.41, 5.74) is 4.21. The first-order valence-corrected chi connectivity index (χ1v) is 10.1. The van der Waals surface area contributed by atoms with Crippen molar-refractivity contribution in [2.45, 2.75) is 12.6 Å². The van der Waals surface area contributed by atoms with Crippen molar-refractivity contribution in [3.63, 3.8) is 0 Å². The predicted molar refractivity (Wildman–Crippen MR) is 114 cm³/mol. The number of fused-ring (bicyclic) bond motifs is 1. The third kappa shape index (κ3) is 3.55. The number of hydrogen-bond acceptors (Lipinski definition) is 4. The summed E-state index contributed by atoms with van der Waals surface area (Å²) >= 11 is 6.01. The number of aromatic amines is 1. The van der Waals surface area contributed by atoms with Crippen molar-refractivity contribution in [3.05, 3.63) is 71.4 Å². The van der Waals surface area contributed by atoms with Gasteiger partial charge in [-0.3, -0.25) is 4.90 Å². The molecular weight excluding hydrogens is 386 g/mol. The molecule has 148 valence electrons. The van der Waals surface area contributed by atoms with Crippen LogP contribution in [0.4, 0.5) is 0 Å². The van der Waals surface area contributed by atoms with Crippen LogP contribution in [0.5, 0.6) is 0 Å². The topological polar surface area (TPSA) is 59.0 Å². The van der Waals surface area contributed by atoms with Crippen molar-refractivity contribution in [3.8, 4) is 11.3 Å². The second kappa shape index (κ2) is 7.63. The van der Waals surface area contributed by atoms with Gasteiger partial charge in [-0.25, -0.2) is 9.97 Å². The van der Waals surface area contributed by atoms with Gasteiger partial charge in [-0.15, -0.1) is 0 Å². The zero-order chi connectivity index (χ0) is 19.8. The SMILES string of the molecule is Cn1c(CN2CCOC[C@H]2c2ncc(-c3ccc(Cl)cc3)[nH]2)nc2ccccc21. The summed E-state index contributed by atoms with van der Waals surface area (Å²) in [4.78, 5) is 15.3. The van der Waals surface area contributed by atoms with Gasteiger partial charge in [0.05, 0.1) is 48.7 Å². The van der Waals surface area contributed by atoms with Gasteiger partial charge in [-0.1, -0.05) is 35.9 Å². The second-order valence-electron chi connectivity index (χ2n) is 7.33. The molecule has 1 aliphatic heterocycles. The van der Waals surface area contributed by atoms with Crippen LogP contribution in [0.2, 0.25) is 5.02 Å². The van der Waals surface area contributed by atoms with Gasteiger partial charge < -0.3 is 14.3 Å². The molecule has 2 aromatic carbocycles. The Labute approximate surface area is 174 Å². The van der Waals surface area contributed by atoms with Crippen LogP contribution in [-0.2, 0) is 18.3 Å². The van der Waals surface area contributed by atoms with E-state index >= 15 is 0 Å². The smallest absolute Gasteiger partial charge is 0.126 e. The molecule has 0 amide bonds. The average Bonchev–Trinajstić information content (AvgIpc) is 3.35. The second-order valence-corrected chi connectivity index (χ2v) is 7.76. The number of morpholine rings is 1. The third-order valence-corrected chi connectivity index (χ3v) is 5.78. The molecule has 0 aliphatic carbocycles. The first-order valence-electron chi connectivity index (χ1n) is 9.72. The number of halogens is 1. The number of aryl methyl sites for hydroxylation is 1. The lowest BCUT2D eigenvalue weighted by atomic mass is 10.2. The van der Waals surface area contributed by atoms with E-state index < -0.39 is 0 Å². The molecule has 6 nitrogen and oxygen atoms in total. The zero-order valence-corrected chi connectivity index (χ0v) is 16.9. The summed E-state index contributed by atoms with van der Waals surface area (Å²) in [6.45, 7) is 2.91. The van der Waals surface area contributed by atoms with Gasteiger partial charge in [-0.2, -0.15) is 0 Å². The Morgan fingerprint density at radius 2 is 2.00 bits per heavy atom. The lowest BCUT2D eigenvalue weighted by molar-refractivity contribution is -0.0170. The molecule has 1 saturated heterocycles. The van der Waals surface area contributed by atoms with E-state index in [0.717, 1.165) is 52.1 Å². The monoisotopic (exact) mass is 407 g/mol. The molecule has 1 fully saturated rings. The summed E-state index contributed by atoms with van der Waals surface area (Å²) in [6, 6.07) is 16.1. The fourth-order valence-corrected chi connectivity index (χ4v) is 4.01. The van der Waals surface area contributed by atoms with E-state index in [4.69, 9.17) is 21.3 Å². The van der Waals surface area contributed by atoms with Crippen molar-refractivity contribution in [2.24, 2.45) is 7.05 Å².